The van der Waals surface area contributed by atoms with E-state index in [9.17, 15) is 0 Å². The number of hydrogen-bond donors (Lipinski definition) is 2. The van der Waals surface area contributed by atoms with Gasteiger partial charge in [-0.3, -0.25) is 0 Å². The predicted molar refractivity (Wildman–Crippen MR) is 94.0 cm³/mol. The van der Waals surface area contributed by atoms with Crippen LogP contribution in [-0.2, 0) is 0 Å². The van der Waals surface area contributed by atoms with Crippen molar-refractivity contribution in [3.63, 3.8) is 0 Å². The number of benzene rings is 1. The molecule has 0 aliphatic carbocycles. The molecule has 3 rings (SSSR count). The molecule has 22 heavy (non-hydrogen) atoms. The first kappa shape index (κ1) is 14.8. The van der Waals surface area contributed by atoms with Gasteiger partial charge in [-0.05, 0) is 43.2 Å². The van der Waals surface area contributed by atoms with Crippen molar-refractivity contribution in [3.05, 3.63) is 52.8 Å². The van der Waals surface area contributed by atoms with Crippen LogP contribution >= 0.6 is 22.9 Å². The van der Waals surface area contributed by atoms with Crippen LogP contribution in [-0.4, -0.2) is 9.97 Å². The van der Waals surface area contributed by atoms with Crippen molar-refractivity contribution in [3.8, 4) is 10.4 Å². The largest absolute Gasteiger partial charge is 0.375 e. The SMILES string of the molecule is Cc1cccc(Cl)c1Nc1cc(-c2sc(N)nc2C)ccn1. The monoisotopic (exact) mass is 330 g/mol. The van der Waals surface area contributed by atoms with Gasteiger partial charge in [-0.15, -0.1) is 0 Å². The molecule has 4 nitrogen and oxygen atoms in total. The van der Waals surface area contributed by atoms with Crippen LogP contribution in [0, 0.1) is 13.8 Å². The van der Waals surface area contributed by atoms with E-state index in [1.165, 1.54) is 11.3 Å². The van der Waals surface area contributed by atoms with Crippen molar-refractivity contribution in [1.29, 1.82) is 0 Å². The van der Waals surface area contributed by atoms with E-state index < -0.39 is 0 Å². The van der Waals surface area contributed by atoms with Gasteiger partial charge in [-0.2, -0.15) is 0 Å². The van der Waals surface area contributed by atoms with Crippen molar-refractivity contribution >= 4 is 39.6 Å². The first-order valence-corrected chi connectivity index (χ1v) is 7.95. The number of pyridine rings is 1. The van der Waals surface area contributed by atoms with Crippen molar-refractivity contribution < 1.29 is 0 Å². The Bertz CT molecular complexity index is 809. The third-order valence-electron chi connectivity index (χ3n) is 3.31. The number of para-hydroxylation sites is 1. The molecule has 112 valence electrons. The number of nitrogens with two attached hydrogens (primary N) is 1. The molecule has 1 aromatic carbocycles. The highest BCUT2D eigenvalue weighted by molar-refractivity contribution is 7.18. The van der Waals surface area contributed by atoms with Crippen LogP contribution in [0.5, 0.6) is 0 Å². The Kier molecular flexibility index (Phi) is 4.00. The summed E-state index contributed by atoms with van der Waals surface area (Å²) in [7, 11) is 0. The number of halogens is 1. The molecule has 0 saturated carbocycles. The number of nitrogens with zero attached hydrogens (tertiary/aromatic N) is 2. The minimum atomic E-state index is 0.570. The number of aromatic nitrogens is 2. The Hall–Kier alpha value is -2.11. The predicted octanol–water partition coefficient (Wildman–Crippen LogP) is 4.80. The molecule has 3 aromatic rings. The Morgan fingerprint density at radius 1 is 1.23 bits per heavy atom. The molecule has 2 heterocycles. The number of aryl methyl sites for hydroxylation is 2. The Labute approximate surface area is 138 Å². The maximum atomic E-state index is 6.25. The molecule has 0 bridgehead atoms. The lowest BCUT2D eigenvalue weighted by molar-refractivity contribution is 1.26. The Balaban J connectivity index is 1.97. The summed E-state index contributed by atoms with van der Waals surface area (Å²) in [6.45, 7) is 3.96. The highest BCUT2D eigenvalue weighted by atomic mass is 35.5. The average Bonchev–Trinajstić information content (AvgIpc) is 2.82. The Morgan fingerprint density at radius 2 is 2.05 bits per heavy atom. The van der Waals surface area contributed by atoms with Gasteiger partial charge in [0.05, 0.1) is 21.3 Å². The lowest BCUT2D eigenvalue weighted by Gasteiger charge is -2.11. The fraction of sp³-hybridized carbons (Fsp3) is 0.125. The fourth-order valence-corrected chi connectivity index (χ4v) is 3.34. The molecule has 3 N–H and O–H groups in total. The molecule has 0 aliphatic heterocycles. The van der Waals surface area contributed by atoms with Gasteiger partial charge >= 0.3 is 0 Å². The maximum Gasteiger partial charge on any atom is 0.180 e. The van der Waals surface area contributed by atoms with Crippen LogP contribution in [0.15, 0.2) is 36.5 Å². The van der Waals surface area contributed by atoms with E-state index >= 15 is 0 Å². The molecule has 2 aromatic heterocycles. The molecule has 0 spiro atoms. The molecule has 0 amide bonds. The maximum absolute atomic E-state index is 6.25. The molecule has 6 heteroatoms. The van der Waals surface area contributed by atoms with Gasteiger partial charge in [-0.25, -0.2) is 9.97 Å². The number of rotatable bonds is 3. The van der Waals surface area contributed by atoms with Crippen LogP contribution in [0.25, 0.3) is 10.4 Å². The molecule has 0 saturated heterocycles. The molecule has 0 fully saturated rings. The summed E-state index contributed by atoms with van der Waals surface area (Å²) >= 11 is 7.72. The topological polar surface area (TPSA) is 63.8 Å². The van der Waals surface area contributed by atoms with Crippen LogP contribution in [0.3, 0.4) is 0 Å². The van der Waals surface area contributed by atoms with Crippen molar-refractivity contribution in [2.75, 3.05) is 11.1 Å². The standard InChI is InChI=1S/C16H15ClN4S/c1-9-4-3-5-12(17)14(9)21-13-8-11(6-7-19-13)15-10(2)20-16(18)22-15/h3-8H,1-2H3,(H2,18,20)(H,19,21). The number of anilines is 3. The quantitative estimate of drug-likeness (QED) is 0.724. The third kappa shape index (κ3) is 2.91. The summed E-state index contributed by atoms with van der Waals surface area (Å²) in [5.74, 6) is 0.736. The van der Waals surface area contributed by atoms with Gasteiger partial charge in [0, 0.05) is 6.20 Å². The summed E-state index contributed by atoms with van der Waals surface area (Å²) in [6, 6.07) is 9.71. The van der Waals surface area contributed by atoms with E-state index in [-0.39, 0.29) is 0 Å². The molecular weight excluding hydrogens is 316 g/mol. The summed E-state index contributed by atoms with van der Waals surface area (Å²) in [5.41, 5.74) is 9.67. The lowest BCUT2D eigenvalue weighted by Crippen LogP contribution is -1.96. The van der Waals surface area contributed by atoms with Gasteiger partial charge in [0.2, 0.25) is 0 Å². The second-order valence-corrected chi connectivity index (χ2v) is 6.39. The van der Waals surface area contributed by atoms with Crippen molar-refractivity contribution in [2.45, 2.75) is 13.8 Å². The second-order valence-electron chi connectivity index (χ2n) is 4.95. The van der Waals surface area contributed by atoms with E-state index in [2.05, 4.69) is 15.3 Å². The zero-order valence-corrected chi connectivity index (χ0v) is 13.8. The number of thiazole rings is 1. The zero-order valence-electron chi connectivity index (χ0n) is 12.2. The van der Waals surface area contributed by atoms with Crippen molar-refractivity contribution in [2.24, 2.45) is 0 Å². The van der Waals surface area contributed by atoms with Crippen LogP contribution < -0.4 is 11.1 Å². The minimum Gasteiger partial charge on any atom is -0.375 e. The van der Waals surface area contributed by atoms with Gasteiger partial charge in [0.1, 0.15) is 5.82 Å². The molecule has 0 radical (unpaired) electrons. The van der Waals surface area contributed by atoms with Gasteiger partial charge in [0.15, 0.2) is 5.13 Å². The van der Waals surface area contributed by atoms with Crippen LogP contribution in [0.4, 0.5) is 16.6 Å². The molecule has 0 atom stereocenters. The second kappa shape index (κ2) is 5.94. The smallest absolute Gasteiger partial charge is 0.180 e. The lowest BCUT2D eigenvalue weighted by atomic mass is 10.2. The summed E-state index contributed by atoms with van der Waals surface area (Å²) in [4.78, 5) is 9.68. The first-order chi connectivity index (χ1) is 10.5. The number of hydrogen-bond acceptors (Lipinski definition) is 5. The first-order valence-electron chi connectivity index (χ1n) is 6.76. The van der Waals surface area contributed by atoms with E-state index in [4.69, 9.17) is 17.3 Å². The molecule has 0 aliphatic rings. The van der Waals surface area contributed by atoms with Crippen LogP contribution in [0.1, 0.15) is 11.3 Å². The highest BCUT2D eigenvalue weighted by Gasteiger charge is 2.10. The van der Waals surface area contributed by atoms with E-state index in [0.29, 0.717) is 10.2 Å². The Morgan fingerprint density at radius 3 is 2.73 bits per heavy atom. The molecule has 0 unspecified atom stereocenters. The highest BCUT2D eigenvalue weighted by Crippen LogP contribution is 2.33. The van der Waals surface area contributed by atoms with Crippen molar-refractivity contribution in [1.82, 2.24) is 9.97 Å². The van der Waals surface area contributed by atoms with Gasteiger partial charge in [-0.1, -0.05) is 35.1 Å². The fourth-order valence-electron chi connectivity index (χ4n) is 2.24. The van der Waals surface area contributed by atoms with Crippen LogP contribution in [0.2, 0.25) is 5.02 Å². The van der Waals surface area contributed by atoms with Gasteiger partial charge < -0.3 is 11.1 Å². The van der Waals surface area contributed by atoms with E-state index in [0.717, 1.165) is 33.2 Å². The summed E-state index contributed by atoms with van der Waals surface area (Å²) < 4.78 is 0. The number of nitrogen functional groups attached to an aromatic ring is 1. The zero-order chi connectivity index (χ0) is 15.7. The molecular formula is C16H15ClN4S. The third-order valence-corrected chi connectivity index (χ3v) is 4.66. The van der Waals surface area contributed by atoms with Gasteiger partial charge in [0.25, 0.3) is 0 Å². The normalized spacial score (nSPS) is 10.7. The summed E-state index contributed by atoms with van der Waals surface area (Å²) in [5, 5.41) is 4.53. The van der Waals surface area contributed by atoms with E-state index in [1.807, 2.05) is 44.2 Å². The minimum absolute atomic E-state index is 0.570. The van der Waals surface area contributed by atoms with E-state index in [1.54, 1.807) is 6.20 Å². The summed E-state index contributed by atoms with van der Waals surface area (Å²) in [6.07, 6.45) is 1.76. The number of nitrogens with one attached hydrogen (secondary N) is 1. The average molecular weight is 331 g/mol.